The molecule has 1 heterocycles. The van der Waals surface area contributed by atoms with E-state index in [4.69, 9.17) is 14.7 Å². The molecule has 0 radical (unpaired) electrons. The summed E-state index contributed by atoms with van der Waals surface area (Å²) in [6, 6.07) is 13.3. The molecule has 30 heavy (non-hydrogen) atoms. The van der Waals surface area contributed by atoms with Crippen molar-refractivity contribution in [2.24, 2.45) is 0 Å². The Kier molecular flexibility index (Phi) is 6.83. The Bertz CT molecular complexity index is 1130. The van der Waals surface area contributed by atoms with Gasteiger partial charge in [0.05, 0.1) is 12.8 Å². The Morgan fingerprint density at radius 3 is 2.77 bits per heavy atom. The summed E-state index contributed by atoms with van der Waals surface area (Å²) < 4.78 is 10.6. The molecule has 0 spiro atoms. The molecule has 0 fully saturated rings. The van der Waals surface area contributed by atoms with Crippen LogP contribution in [0.5, 0.6) is 11.5 Å². The van der Waals surface area contributed by atoms with E-state index in [-0.39, 0.29) is 12.5 Å². The van der Waals surface area contributed by atoms with Crippen molar-refractivity contribution in [1.82, 2.24) is 4.98 Å². The largest absolute Gasteiger partial charge is 0.493 e. The van der Waals surface area contributed by atoms with Crippen LogP contribution in [0.15, 0.2) is 47.9 Å². The monoisotopic (exact) mass is 419 g/mol. The Morgan fingerprint density at radius 2 is 2.03 bits per heavy atom. The van der Waals surface area contributed by atoms with Gasteiger partial charge in [0.1, 0.15) is 6.07 Å². The Morgan fingerprint density at radius 1 is 1.20 bits per heavy atom. The fourth-order valence-corrected chi connectivity index (χ4v) is 3.42. The van der Waals surface area contributed by atoms with Gasteiger partial charge in [-0.15, -0.1) is 11.3 Å². The number of carbonyl (C=O) groups excluding carboxylic acids is 1. The van der Waals surface area contributed by atoms with Crippen LogP contribution in [0.1, 0.15) is 16.7 Å². The van der Waals surface area contributed by atoms with Crippen LogP contribution < -0.4 is 14.8 Å². The second kappa shape index (κ2) is 9.72. The molecular formula is C23H21N3O3S. The van der Waals surface area contributed by atoms with Crippen molar-refractivity contribution in [2.45, 2.75) is 13.8 Å². The van der Waals surface area contributed by atoms with E-state index in [1.807, 2.05) is 17.5 Å². The molecule has 3 rings (SSSR count). The Labute approximate surface area is 179 Å². The highest BCUT2D eigenvalue weighted by Crippen LogP contribution is 2.29. The highest BCUT2D eigenvalue weighted by atomic mass is 32.1. The van der Waals surface area contributed by atoms with Crippen molar-refractivity contribution in [3.05, 3.63) is 64.5 Å². The van der Waals surface area contributed by atoms with Gasteiger partial charge in [-0.1, -0.05) is 18.2 Å². The number of amides is 1. The topological polar surface area (TPSA) is 84.2 Å². The number of nitrogens with zero attached hydrogens (tertiary/aromatic N) is 2. The fourth-order valence-electron chi connectivity index (χ4n) is 2.70. The molecule has 152 valence electrons. The quantitative estimate of drug-likeness (QED) is 0.546. The lowest BCUT2D eigenvalue weighted by Gasteiger charge is -2.08. The van der Waals surface area contributed by atoms with E-state index in [9.17, 15) is 4.79 Å². The number of nitrogens with one attached hydrogen (secondary N) is 1. The van der Waals surface area contributed by atoms with Gasteiger partial charge in [0, 0.05) is 17.0 Å². The SMILES string of the molecule is COc1cc(C=CC(=O)Nc2nc(-c3ccc(C)c(C)c3)cs2)ccc1OCC#N. The number of rotatable bonds is 7. The Hall–Kier alpha value is -3.63. The number of methoxy groups -OCH3 is 1. The summed E-state index contributed by atoms with van der Waals surface area (Å²) >= 11 is 1.38. The third-order valence-electron chi connectivity index (χ3n) is 4.44. The number of thiazole rings is 1. The van der Waals surface area contributed by atoms with Crippen LogP contribution in [0.2, 0.25) is 0 Å². The van der Waals surface area contributed by atoms with Gasteiger partial charge in [0.2, 0.25) is 5.91 Å². The van der Waals surface area contributed by atoms with Crippen LogP contribution in [-0.2, 0) is 4.79 Å². The fraction of sp³-hybridized carbons (Fsp3) is 0.174. The molecule has 0 aliphatic rings. The zero-order valence-corrected chi connectivity index (χ0v) is 17.7. The van der Waals surface area contributed by atoms with Crippen LogP contribution in [0.3, 0.4) is 0 Å². The molecule has 0 aliphatic heterocycles. The lowest BCUT2D eigenvalue weighted by Crippen LogP contribution is -2.07. The minimum atomic E-state index is -0.278. The van der Waals surface area contributed by atoms with E-state index in [1.54, 1.807) is 24.3 Å². The van der Waals surface area contributed by atoms with Crippen molar-refractivity contribution in [3.63, 3.8) is 0 Å². The number of nitriles is 1. The van der Waals surface area contributed by atoms with E-state index in [0.717, 1.165) is 16.8 Å². The molecule has 1 amide bonds. The predicted octanol–water partition coefficient (Wildman–Crippen LogP) is 4.99. The molecule has 1 N–H and O–H groups in total. The summed E-state index contributed by atoms with van der Waals surface area (Å²) in [5, 5.41) is 13.9. The smallest absolute Gasteiger partial charge is 0.250 e. The van der Waals surface area contributed by atoms with Crippen molar-refractivity contribution in [2.75, 3.05) is 19.0 Å². The molecule has 0 atom stereocenters. The zero-order chi connectivity index (χ0) is 21.5. The van der Waals surface area contributed by atoms with Crippen LogP contribution in [0, 0.1) is 25.2 Å². The molecule has 0 aliphatic carbocycles. The Balaban J connectivity index is 1.66. The van der Waals surface area contributed by atoms with E-state index < -0.39 is 0 Å². The molecule has 1 aromatic heterocycles. The standard InChI is InChI=1S/C23H21N3O3S/c1-15-4-7-18(12-16(15)2)19-14-30-23(25-19)26-22(27)9-6-17-5-8-20(29-11-10-24)21(13-17)28-3/h4-9,12-14H,11H2,1-3H3,(H,25,26,27). The second-order valence-electron chi connectivity index (χ2n) is 6.52. The van der Waals surface area contributed by atoms with Gasteiger partial charge in [0.15, 0.2) is 23.2 Å². The van der Waals surface area contributed by atoms with E-state index in [2.05, 4.69) is 36.3 Å². The maximum atomic E-state index is 12.3. The number of hydrogen-bond donors (Lipinski definition) is 1. The van der Waals surface area contributed by atoms with Gasteiger partial charge >= 0.3 is 0 Å². The minimum Gasteiger partial charge on any atom is -0.493 e. The number of aryl methyl sites for hydroxylation is 2. The number of hydrogen-bond acceptors (Lipinski definition) is 6. The van der Waals surface area contributed by atoms with Gasteiger partial charge in [0.25, 0.3) is 0 Å². The first kappa shape index (κ1) is 21.1. The summed E-state index contributed by atoms with van der Waals surface area (Å²) in [5.74, 6) is 0.688. The summed E-state index contributed by atoms with van der Waals surface area (Å²) in [4.78, 5) is 16.8. The summed E-state index contributed by atoms with van der Waals surface area (Å²) in [7, 11) is 1.52. The van der Waals surface area contributed by atoms with E-state index in [1.165, 1.54) is 35.6 Å². The van der Waals surface area contributed by atoms with Crippen molar-refractivity contribution >= 4 is 28.5 Å². The van der Waals surface area contributed by atoms with Crippen LogP contribution in [0.25, 0.3) is 17.3 Å². The maximum Gasteiger partial charge on any atom is 0.250 e. The second-order valence-corrected chi connectivity index (χ2v) is 7.37. The maximum absolute atomic E-state index is 12.3. The number of aromatic nitrogens is 1. The van der Waals surface area contributed by atoms with Crippen LogP contribution >= 0.6 is 11.3 Å². The zero-order valence-electron chi connectivity index (χ0n) is 16.9. The summed E-state index contributed by atoms with van der Waals surface area (Å²) in [5.41, 5.74) is 5.06. The first-order valence-corrected chi connectivity index (χ1v) is 10.1. The van der Waals surface area contributed by atoms with Crippen molar-refractivity contribution in [1.29, 1.82) is 5.26 Å². The molecule has 0 bridgehead atoms. The van der Waals surface area contributed by atoms with Gasteiger partial charge in [-0.05, 0) is 54.8 Å². The molecule has 0 unspecified atom stereocenters. The molecule has 6 nitrogen and oxygen atoms in total. The average molecular weight is 420 g/mol. The average Bonchev–Trinajstić information content (AvgIpc) is 3.21. The molecular weight excluding hydrogens is 398 g/mol. The summed E-state index contributed by atoms with van der Waals surface area (Å²) in [6.07, 6.45) is 3.10. The summed E-state index contributed by atoms with van der Waals surface area (Å²) in [6.45, 7) is 4.07. The van der Waals surface area contributed by atoms with Gasteiger partial charge in [-0.3, -0.25) is 10.1 Å². The normalized spacial score (nSPS) is 10.6. The first-order valence-electron chi connectivity index (χ1n) is 9.20. The third kappa shape index (κ3) is 5.25. The number of carbonyl (C=O) groups is 1. The molecule has 0 saturated carbocycles. The van der Waals surface area contributed by atoms with Gasteiger partial charge in [-0.25, -0.2) is 4.98 Å². The van der Waals surface area contributed by atoms with E-state index >= 15 is 0 Å². The molecule has 2 aromatic carbocycles. The third-order valence-corrected chi connectivity index (χ3v) is 5.20. The lowest BCUT2D eigenvalue weighted by molar-refractivity contribution is -0.111. The number of ether oxygens (including phenoxy) is 2. The minimum absolute atomic E-state index is 0.0636. The predicted molar refractivity (Wildman–Crippen MR) is 119 cm³/mol. The van der Waals surface area contributed by atoms with Gasteiger partial charge in [-0.2, -0.15) is 5.26 Å². The lowest BCUT2D eigenvalue weighted by atomic mass is 10.1. The van der Waals surface area contributed by atoms with Crippen molar-refractivity contribution in [3.8, 4) is 28.8 Å². The van der Waals surface area contributed by atoms with Crippen LogP contribution in [0.4, 0.5) is 5.13 Å². The van der Waals surface area contributed by atoms with E-state index in [0.29, 0.717) is 16.6 Å². The van der Waals surface area contributed by atoms with Gasteiger partial charge < -0.3 is 9.47 Å². The highest BCUT2D eigenvalue weighted by molar-refractivity contribution is 7.14. The number of anilines is 1. The highest BCUT2D eigenvalue weighted by Gasteiger charge is 2.08. The number of benzene rings is 2. The molecule has 7 heteroatoms. The van der Waals surface area contributed by atoms with Crippen molar-refractivity contribution < 1.29 is 14.3 Å². The first-order chi connectivity index (χ1) is 14.5. The molecule has 3 aromatic rings. The van der Waals surface area contributed by atoms with Crippen LogP contribution in [-0.4, -0.2) is 24.6 Å². The molecule has 0 saturated heterocycles.